The zero-order valence-corrected chi connectivity index (χ0v) is 11.3. The number of rotatable bonds is 9. The Kier molecular flexibility index (Phi) is 6.70. The Labute approximate surface area is 104 Å². The summed E-state index contributed by atoms with van der Waals surface area (Å²) in [6, 6.07) is 0.766. The van der Waals surface area contributed by atoms with Crippen LogP contribution in [-0.2, 0) is 6.54 Å². The summed E-state index contributed by atoms with van der Waals surface area (Å²) in [5.74, 6) is 0. The molecule has 0 aliphatic rings. The van der Waals surface area contributed by atoms with E-state index in [0.29, 0.717) is 0 Å². The van der Waals surface area contributed by atoms with Crippen LogP contribution in [0.25, 0.3) is 0 Å². The van der Waals surface area contributed by atoms with Crippen molar-refractivity contribution in [2.75, 3.05) is 24.5 Å². The van der Waals surface area contributed by atoms with E-state index in [1.807, 2.05) is 0 Å². The van der Waals surface area contributed by atoms with Crippen molar-refractivity contribution in [1.29, 1.82) is 0 Å². The number of nitrogens with one attached hydrogen (secondary N) is 1. The molecule has 0 saturated carbocycles. The first-order valence-electron chi connectivity index (χ1n) is 6.71. The van der Waals surface area contributed by atoms with Gasteiger partial charge < -0.3 is 14.6 Å². The summed E-state index contributed by atoms with van der Waals surface area (Å²) in [7, 11) is 0. The summed E-state index contributed by atoms with van der Waals surface area (Å²) >= 11 is 0. The molecule has 0 aliphatic carbocycles. The SMILES string of the molecule is CCCNCc1coc(N(CCC)CCC)n1. The van der Waals surface area contributed by atoms with Crippen LogP contribution in [0.4, 0.5) is 6.01 Å². The van der Waals surface area contributed by atoms with E-state index in [1.165, 1.54) is 0 Å². The molecule has 0 fully saturated rings. The lowest BCUT2D eigenvalue weighted by molar-refractivity contribution is 0.527. The van der Waals surface area contributed by atoms with Crippen LogP contribution >= 0.6 is 0 Å². The average molecular weight is 239 g/mol. The van der Waals surface area contributed by atoms with Gasteiger partial charge in [-0.05, 0) is 25.8 Å². The van der Waals surface area contributed by atoms with Crippen LogP contribution in [0.5, 0.6) is 0 Å². The number of anilines is 1. The topological polar surface area (TPSA) is 41.3 Å². The molecule has 1 rings (SSSR count). The summed E-state index contributed by atoms with van der Waals surface area (Å²) in [4.78, 5) is 6.73. The van der Waals surface area contributed by atoms with Crippen molar-refractivity contribution in [3.63, 3.8) is 0 Å². The minimum atomic E-state index is 0.766. The molecule has 1 N–H and O–H groups in total. The fraction of sp³-hybridized carbons (Fsp3) is 0.769. The Morgan fingerprint density at radius 1 is 1.18 bits per heavy atom. The lowest BCUT2D eigenvalue weighted by Crippen LogP contribution is -2.25. The highest BCUT2D eigenvalue weighted by Crippen LogP contribution is 2.14. The quantitative estimate of drug-likeness (QED) is 0.673. The standard InChI is InChI=1S/C13H25N3O/c1-4-7-14-10-12-11-17-13(15-12)16(8-5-2)9-6-3/h11,14H,4-10H2,1-3H3. The number of oxazole rings is 1. The molecule has 0 radical (unpaired) electrons. The zero-order valence-electron chi connectivity index (χ0n) is 11.3. The molecular formula is C13H25N3O. The molecule has 1 heterocycles. The van der Waals surface area contributed by atoms with Gasteiger partial charge in [-0.1, -0.05) is 20.8 Å². The van der Waals surface area contributed by atoms with Gasteiger partial charge in [-0.25, -0.2) is 0 Å². The molecule has 0 aromatic carbocycles. The van der Waals surface area contributed by atoms with Crippen molar-refractivity contribution in [3.05, 3.63) is 12.0 Å². The van der Waals surface area contributed by atoms with Crippen molar-refractivity contribution >= 4 is 6.01 Å². The second-order valence-corrected chi connectivity index (χ2v) is 4.29. The van der Waals surface area contributed by atoms with Crippen LogP contribution in [0, 0.1) is 0 Å². The van der Waals surface area contributed by atoms with E-state index >= 15 is 0 Å². The van der Waals surface area contributed by atoms with Gasteiger partial charge in [0.2, 0.25) is 0 Å². The van der Waals surface area contributed by atoms with Gasteiger partial charge >= 0.3 is 0 Å². The third-order valence-corrected chi connectivity index (χ3v) is 2.53. The van der Waals surface area contributed by atoms with Gasteiger partial charge in [-0.15, -0.1) is 0 Å². The third-order valence-electron chi connectivity index (χ3n) is 2.53. The number of hydrogen-bond acceptors (Lipinski definition) is 4. The molecule has 1 aromatic rings. The summed E-state index contributed by atoms with van der Waals surface area (Å²) in [5, 5.41) is 3.33. The van der Waals surface area contributed by atoms with Crippen LogP contribution in [0.1, 0.15) is 45.7 Å². The Bertz CT molecular complexity index is 293. The van der Waals surface area contributed by atoms with Crippen LogP contribution in [0.2, 0.25) is 0 Å². The van der Waals surface area contributed by atoms with E-state index in [-0.39, 0.29) is 0 Å². The van der Waals surface area contributed by atoms with Crippen LogP contribution in [-0.4, -0.2) is 24.6 Å². The molecule has 0 saturated heterocycles. The predicted octanol–water partition coefficient (Wildman–Crippen LogP) is 2.80. The lowest BCUT2D eigenvalue weighted by Gasteiger charge is -2.18. The molecule has 4 nitrogen and oxygen atoms in total. The van der Waals surface area contributed by atoms with Crippen LogP contribution in [0.15, 0.2) is 10.7 Å². The molecule has 4 heteroatoms. The smallest absolute Gasteiger partial charge is 0.297 e. The molecule has 0 unspecified atom stereocenters. The van der Waals surface area contributed by atoms with Gasteiger partial charge in [0.15, 0.2) is 0 Å². The highest BCUT2D eigenvalue weighted by atomic mass is 16.4. The maximum Gasteiger partial charge on any atom is 0.297 e. The van der Waals surface area contributed by atoms with Gasteiger partial charge in [0.25, 0.3) is 6.01 Å². The average Bonchev–Trinajstić information content (AvgIpc) is 2.78. The Morgan fingerprint density at radius 2 is 1.88 bits per heavy atom. The highest BCUT2D eigenvalue weighted by molar-refractivity contribution is 5.26. The minimum Gasteiger partial charge on any atom is -0.432 e. The Balaban J connectivity index is 2.51. The molecule has 0 amide bonds. The van der Waals surface area contributed by atoms with E-state index in [0.717, 1.165) is 57.2 Å². The summed E-state index contributed by atoms with van der Waals surface area (Å²) in [6.45, 7) is 10.3. The first kappa shape index (κ1) is 14.0. The highest BCUT2D eigenvalue weighted by Gasteiger charge is 2.11. The molecule has 0 aliphatic heterocycles. The molecule has 0 bridgehead atoms. The third kappa shape index (κ3) is 4.77. The monoisotopic (exact) mass is 239 g/mol. The molecule has 0 atom stereocenters. The maximum atomic E-state index is 5.54. The molecule has 1 aromatic heterocycles. The van der Waals surface area contributed by atoms with Crippen LogP contribution < -0.4 is 10.2 Å². The van der Waals surface area contributed by atoms with E-state index in [4.69, 9.17) is 4.42 Å². The fourth-order valence-electron chi connectivity index (χ4n) is 1.76. The summed E-state index contributed by atoms with van der Waals surface area (Å²) < 4.78 is 5.54. The Morgan fingerprint density at radius 3 is 2.47 bits per heavy atom. The van der Waals surface area contributed by atoms with E-state index < -0.39 is 0 Å². The van der Waals surface area contributed by atoms with Gasteiger partial charge in [-0.2, -0.15) is 4.98 Å². The van der Waals surface area contributed by atoms with Crippen LogP contribution in [0.3, 0.4) is 0 Å². The lowest BCUT2D eigenvalue weighted by atomic mass is 10.4. The van der Waals surface area contributed by atoms with Crippen molar-refractivity contribution in [3.8, 4) is 0 Å². The molecule has 17 heavy (non-hydrogen) atoms. The van der Waals surface area contributed by atoms with E-state index in [9.17, 15) is 0 Å². The first-order valence-corrected chi connectivity index (χ1v) is 6.71. The summed E-state index contributed by atoms with van der Waals surface area (Å²) in [6.07, 6.45) is 5.14. The molecular weight excluding hydrogens is 214 g/mol. The molecule has 0 spiro atoms. The van der Waals surface area contributed by atoms with Gasteiger partial charge in [0.05, 0.1) is 5.69 Å². The maximum absolute atomic E-state index is 5.54. The van der Waals surface area contributed by atoms with Gasteiger partial charge in [0, 0.05) is 19.6 Å². The summed E-state index contributed by atoms with van der Waals surface area (Å²) in [5.41, 5.74) is 0.991. The largest absolute Gasteiger partial charge is 0.432 e. The minimum absolute atomic E-state index is 0.766. The van der Waals surface area contributed by atoms with Gasteiger partial charge in [-0.3, -0.25) is 0 Å². The van der Waals surface area contributed by atoms with Crippen molar-refractivity contribution in [2.45, 2.75) is 46.6 Å². The Hall–Kier alpha value is -1.03. The predicted molar refractivity (Wildman–Crippen MR) is 71.3 cm³/mol. The normalized spacial score (nSPS) is 10.8. The second-order valence-electron chi connectivity index (χ2n) is 4.29. The fourth-order valence-corrected chi connectivity index (χ4v) is 1.76. The second kappa shape index (κ2) is 8.12. The van der Waals surface area contributed by atoms with E-state index in [1.54, 1.807) is 6.26 Å². The van der Waals surface area contributed by atoms with Crippen molar-refractivity contribution in [2.24, 2.45) is 0 Å². The number of nitrogens with zero attached hydrogens (tertiary/aromatic N) is 2. The van der Waals surface area contributed by atoms with Crippen molar-refractivity contribution < 1.29 is 4.42 Å². The van der Waals surface area contributed by atoms with E-state index in [2.05, 4.69) is 36.0 Å². The number of hydrogen-bond donors (Lipinski definition) is 1. The first-order chi connectivity index (χ1) is 8.31. The van der Waals surface area contributed by atoms with Crippen molar-refractivity contribution in [1.82, 2.24) is 10.3 Å². The zero-order chi connectivity index (χ0) is 12.5. The van der Waals surface area contributed by atoms with Gasteiger partial charge in [0.1, 0.15) is 6.26 Å². The molecule has 98 valence electrons. The number of aromatic nitrogens is 1.